The summed E-state index contributed by atoms with van der Waals surface area (Å²) in [5.74, 6) is 0.520. The Kier molecular flexibility index (Phi) is 5.48. The predicted octanol–water partition coefficient (Wildman–Crippen LogP) is 2.84. The number of hydrogen-bond acceptors (Lipinski definition) is 3. The number of carbonyl (C=O) groups is 1. The van der Waals surface area contributed by atoms with Gasteiger partial charge in [0.1, 0.15) is 5.75 Å². The minimum atomic E-state index is -0.566. The lowest BCUT2D eigenvalue weighted by Gasteiger charge is -2.39. The van der Waals surface area contributed by atoms with Crippen LogP contribution in [0.4, 0.5) is 0 Å². The number of carbonyl (C=O) groups excluding carboxylic acids is 1. The van der Waals surface area contributed by atoms with E-state index in [-0.39, 0.29) is 18.0 Å². The number of likely N-dealkylation sites (tertiary alicyclic amines) is 1. The van der Waals surface area contributed by atoms with E-state index >= 15 is 0 Å². The number of hydrogen-bond donors (Lipinski definition) is 1. The summed E-state index contributed by atoms with van der Waals surface area (Å²) in [6, 6.07) is 7.26. The molecule has 3 atom stereocenters. The first-order chi connectivity index (χ1) is 10.0. The topological polar surface area (TPSA) is 55.6 Å². The Bertz CT molecular complexity index is 493. The van der Waals surface area contributed by atoms with Crippen LogP contribution in [-0.4, -0.2) is 35.5 Å². The molecule has 0 saturated carbocycles. The zero-order valence-electron chi connectivity index (χ0n) is 12.6. The van der Waals surface area contributed by atoms with Crippen LogP contribution in [0.5, 0.6) is 5.75 Å². The highest BCUT2D eigenvalue weighted by molar-refractivity contribution is 6.32. The zero-order chi connectivity index (χ0) is 15.4. The van der Waals surface area contributed by atoms with Crippen molar-refractivity contribution in [3.63, 3.8) is 0 Å². The fraction of sp³-hybridized carbons (Fsp3) is 0.562. The van der Waals surface area contributed by atoms with E-state index in [1.807, 2.05) is 24.0 Å². The first-order valence-electron chi connectivity index (χ1n) is 7.48. The quantitative estimate of drug-likeness (QED) is 0.930. The second kappa shape index (κ2) is 7.14. The molecule has 1 aliphatic heterocycles. The summed E-state index contributed by atoms with van der Waals surface area (Å²) in [5, 5.41) is 0.513. The van der Waals surface area contributed by atoms with E-state index in [0.29, 0.717) is 10.8 Å². The highest BCUT2D eigenvalue weighted by atomic mass is 35.5. The van der Waals surface area contributed by atoms with Gasteiger partial charge in [-0.3, -0.25) is 4.79 Å². The monoisotopic (exact) mass is 310 g/mol. The molecule has 2 rings (SSSR count). The minimum absolute atomic E-state index is 0.0167. The molecule has 2 N–H and O–H groups in total. The molecule has 1 aromatic rings. The second-order valence-electron chi connectivity index (χ2n) is 5.64. The van der Waals surface area contributed by atoms with Crippen LogP contribution in [0.2, 0.25) is 5.02 Å². The first-order valence-corrected chi connectivity index (χ1v) is 7.85. The summed E-state index contributed by atoms with van der Waals surface area (Å²) in [6.07, 6.45) is 2.54. The molecule has 0 aromatic heterocycles. The molecular formula is C16H23ClN2O2. The van der Waals surface area contributed by atoms with Crippen LogP contribution in [0.15, 0.2) is 24.3 Å². The maximum atomic E-state index is 12.6. The SMILES string of the molecule is CC(Oc1ccccc1Cl)C(=O)N1CCCCC1C(C)N. The van der Waals surface area contributed by atoms with E-state index in [4.69, 9.17) is 22.1 Å². The first kappa shape index (κ1) is 16.1. The normalized spacial score (nSPS) is 21.7. The van der Waals surface area contributed by atoms with Crippen LogP contribution < -0.4 is 10.5 Å². The molecule has 0 spiro atoms. The van der Waals surface area contributed by atoms with Crippen LogP contribution in [0, 0.1) is 0 Å². The third kappa shape index (κ3) is 3.89. The third-order valence-electron chi connectivity index (χ3n) is 3.93. The van der Waals surface area contributed by atoms with Crippen molar-refractivity contribution in [2.24, 2.45) is 5.73 Å². The second-order valence-corrected chi connectivity index (χ2v) is 6.05. The molecule has 0 radical (unpaired) electrons. The van der Waals surface area contributed by atoms with Crippen molar-refractivity contribution in [1.82, 2.24) is 4.90 Å². The molecule has 0 bridgehead atoms. The van der Waals surface area contributed by atoms with Gasteiger partial charge >= 0.3 is 0 Å². The molecule has 21 heavy (non-hydrogen) atoms. The molecule has 116 valence electrons. The number of nitrogens with two attached hydrogens (primary N) is 1. The maximum Gasteiger partial charge on any atom is 0.263 e. The third-order valence-corrected chi connectivity index (χ3v) is 4.24. The van der Waals surface area contributed by atoms with Crippen LogP contribution in [0.1, 0.15) is 33.1 Å². The maximum absolute atomic E-state index is 12.6. The Morgan fingerprint density at radius 2 is 2.10 bits per heavy atom. The van der Waals surface area contributed by atoms with Gasteiger partial charge in [0, 0.05) is 18.6 Å². The summed E-state index contributed by atoms with van der Waals surface area (Å²) < 4.78 is 5.72. The Balaban J connectivity index is 2.06. The summed E-state index contributed by atoms with van der Waals surface area (Å²) in [5.41, 5.74) is 6.02. The van der Waals surface area contributed by atoms with Gasteiger partial charge in [-0.05, 0) is 45.2 Å². The molecule has 1 aromatic carbocycles. The number of ether oxygens (including phenoxy) is 1. The van der Waals surface area contributed by atoms with Gasteiger partial charge in [0.25, 0.3) is 5.91 Å². The average molecular weight is 311 g/mol. The van der Waals surface area contributed by atoms with Crippen molar-refractivity contribution < 1.29 is 9.53 Å². The highest BCUT2D eigenvalue weighted by Crippen LogP contribution is 2.26. The molecule has 0 aliphatic carbocycles. The zero-order valence-corrected chi connectivity index (χ0v) is 13.3. The fourth-order valence-electron chi connectivity index (χ4n) is 2.79. The van der Waals surface area contributed by atoms with Crippen LogP contribution in [-0.2, 0) is 4.79 Å². The lowest BCUT2D eigenvalue weighted by molar-refractivity contribution is -0.142. The summed E-state index contributed by atoms with van der Waals surface area (Å²) >= 11 is 6.07. The Labute approximate surface area is 131 Å². The summed E-state index contributed by atoms with van der Waals surface area (Å²) in [4.78, 5) is 14.5. The molecule has 3 unspecified atom stereocenters. The predicted molar refractivity (Wildman–Crippen MR) is 84.5 cm³/mol. The van der Waals surface area contributed by atoms with Gasteiger partial charge in [-0.15, -0.1) is 0 Å². The molecule has 1 fully saturated rings. The van der Waals surface area contributed by atoms with Gasteiger partial charge in [-0.1, -0.05) is 23.7 Å². The van der Waals surface area contributed by atoms with E-state index in [1.54, 1.807) is 19.1 Å². The molecule has 5 heteroatoms. The number of para-hydroxylation sites is 1. The van der Waals surface area contributed by atoms with E-state index < -0.39 is 6.10 Å². The smallest absolute Gasteiger partial charge is 0.263 e. The Morgan fingerprint density at radius 1 is 1.38 bits per heavy atom. The Morgan fingerprint density at radius 3 is 2.76 bits per heavy atom. The summed E-state index contributed by atoms with van der Waals surface area (Å²) in [7, 11) is 0. The lowest BCUT2D eigenvalue weighted by Crippen LogP contribution is -2.54. The van der Waals surface area contributed by atoms with Crippen molar-refractivity contribution in [2.75, 3.05) is 6.54 Å². The summed E-state index contributed by atoms with van der Waals surface area (Å²) in [6.45, 7) is 4.47. The largest absolute Gasteiger partial charge is 0.479 e. The molecular weight excluding hydrogens is 288 g/mol. The molecule has 1 heterocycles. The van der Waals surface area contributed by atoms with E-state index in [1.165, 1.54) is 0 Å². The van der Waals surface area contributed by atoms with Gasteiger partial charge in [0.2, 0.25) is 0 Å². The van der Waals surface area contributed by atoms with Crippen molar-refractivity contribution >= 4 is 17.5 Å². The van der Waals surface area contributed by atoms with Crippen LogP contribution in [0.3, 0.4) is 0 Å². The lowest BCUT2D eigenvalue weighted by atomic mass is 9.96. The van der Waals surface area contributed by atoms with Crippen molar-refractivity contribution in [3.05, 3.63) is 29.3 Å². The minimum Gasteiger partial charge on any atom is -0.479 e. The number of rotatable bonds is 4. The fourth-order valence-corrected chi connectivity index (χ4v) is 2.97. The molecule has 1 aliphatic rings. The van der Waals surface area contributed by atoms with E-state index in [0.717, 1.165) is 25.8 Å². The van der Waals surface area contributed by atoms with Gasteiger partial charge in [-0.2, -0.15) is 0 Å². The molecule has 1 amide bonds. The highest BCUT2D eigenvalue weighted by Gasteiger charge is 2.32. The van der Waals surface area contributed by atoms with E-state index in [9.17, 15) is 4.79 Å². The van der Waals surface area contributed by atoms with Crippen LogP contribution in [0.25, 0.3) is 0 Å². The molecule has 1 saturated heterocycles. The van der Waals surface area contributed by atoms with Crippen LogP contribution >= 0.6 is 11.6 Å². The Hall–Kier alpha value is -1.26. The van der Waals surface area contributed by atoms with Gasteiger partial charge in [0.05, 0.1) is 5.02 Å². The number of nitrogens with zero attached hydrogens (tertiary/aromatic N) is 1. The van der Waals surface area contributed by atoms with Gasteiger partial charge in [0.15, 0.2) is 6.10 Å². The van der Waals surface area contributed by atoms with Gasteiger partial charge < -0.3 is 15.4 Å². The number of amides is 1. The van der Waals surface area contributed by atoms with Gasteiger partial charge in [-0.25, -0.2) is 0 Å². The number of halogens is 1. The van der Waals surface area contributed by atoms with Crippen molar-refractivity contribution in [1.29, 1.82) is 0 Å². The van der Waals surface area contributed by atoms with Crippen molar-refractivity contribution in [2.45, 2.75) is 51.3 Å². The molecule has 4 nitrogen and oxygen atoms in total. The number of benzene rings is 1. The standard InChI is InChI=1S/C16H23ClN2O2/c1-11(18)14-8-5-6-10-19(14)16(20)12(2)21-15-9-4-3-7-13(15)17/h3-4,7,9,11-12,14H,5-6,8,10,18H2,1-2H3. The number of piperidine rings is 1. The van der Waals surface area contributed by atoms with E-state index in [2.05, 4.69) is 0 Å². The average Bonchev–Trinajstić information content (AvgIpc) is 2.48. The van der Waals surface area contributed by atoms with Crippen molar-refractivity contribution in [3.8, 4) is 5.75 Å².